The monoisotopic (exact) mass is 256 g/mol. The first-order valence-corrected chi connectivity index (χ1v) is 6.43. The quantitative estimate of drug-likeness (QED) is 0.741. The van der Waals surface area contributed by atoms with E-state index in [4.69, 9.17) is 0 Å². The van der Waals surface area contributed by atoms with Crippen LogP contribution in [0.15, 0.2) is 54.6 Å². The van der Waals surface area contributed by atoms with Gasteiger partial charge in [-0.3, -0.25) is 0 Å². The van der Waals surface area contributed by atoms with Crippen LogP contribution in [0.3, 0.4) is 0 Å². The summed E-state index contributed by atoms with van der Waals surface area (Å²) in [5.41, 5.74) is 1.35. The molecular weight excluding hydrogens is 242 g/mol. The van der Waals surface area contributed by atoms with Gasteiger partial charge < -0.3 is 0 Å². The molecule has 1 saturated carbocycles. The lowest BCUT2D eigenvalue weighted by atomic mass is 10.1. The van der Waals surface area contributed by atoms with Gasteiger partial charge in [0, 0.05) is 5.56 Å². The van der Waals surface area contributed by atoms with Gasteiger partial charge in [0.2, 0.25) is 0 Å². The maximum atomic E-state index is 13.6. The molecule has 0 nitrogen and oxygen atoms in total. The maximum absolute atomic E-state index is 13.6. The Hall–Kier alpha value is -1.96. The van der Waals surface area contributed by atoms with E-state index in [-0.39, 0.29) is 17.4 Å². The van der Waals surface area contributed by atoms with E-state index in [9.17, 15) is 8.78 Å². The molecule has 2 heteroatoms. The van der Waals surface area contributed by atoms with E-state index in [1.165, 1.54) is 18.2 Å². The summed E-state index contributed by atoms with van der Waals surface area (Å²) in [6, 6.07) is 14.0. The fraction of sp³-hybridized carbons (Fsp3) is 0.176. The fourth-order valence-corrected chi connectivity index (χ4v) is 2.42. The first kappa shape index (κ1) is 12.1. The lowest BCUT2D eigenvalue weighted by Crippen LogP contribution is -1.93. The summed E-state index contributed by atoms with van der Waals surface area (Å²) in [6.45, 7) is 0. The second-order valence-corrected chi connectivity index (χ2v) is 4.91. The van der Waals surface area contributed by atoms with E-state index in [1.54, 1.807) is 0 Å². The minimum absolute atomic E-state index is 0.0128. The number of hydrogen-bond acceptors (Lipinski definition) is 0. The number of benzene rings is 2. The minimum Gasteiger partial charge on any atom is -0.207 e. The third-order valence-corrected chi connectivity index (χ3v) is 3.55. The Morgan fingerprint density at radius 1 is 0.895 bits per heavy atom. The van der Waals surface area contributed by atoms with Crippen LogP contribution in [0.1, 0.15) is 23.5 Å². The Kier molecular flexibility index (Phi) is 3.16. The van der Waals surface area contributed by atoms with Gasteiger partial charge in [-0.25, -0.2) is 8.78 Å². The largest absolute Gasteiger partial charge is 0.207 e. The van der Waals surface area contributed by atoms with Crippen molar-refractivity contribution < 1.29 is 8.78 Å². The van der Waals surface area contributed by atoms with Crippen molar-refractivity contribution >= 4 is 6.08 Å². The average Bonchev–Trinajstić information content (AvgIpc) is 3.17. The lowest BCUT2D eigenvalue weighted by molar-refractivity contribution is 0.554. The normalized spacial score (nSPS) is 21.8. The SMILES string of the molecule is Fc1cccc(F)c1[C@@H]1C[C@H]1/C=C/c1ccccc1. The molecule has 0 aliphatic heterocycles. The van der Waals surface area contributed by atoms with Crippen LogP contribution in [0.25, 0.3) is 6.08 Å². The van der Waals surface area contributed by atoms with E-state index in [2.05, 4.69) is 0 Å². The first-order chi connectivity index (χ1) is 9.25. The van der Waals surface area contributed by atoms with Crippen molar-refractivity contribution in [1.29, 1.82) is 0 Å². The summed E-state index contributed by atoms with van der Waals surface area (Å²) in [7, 11) is 0. The molecule has 3 rings (SSSR count). The summed E-state index contributed by atoms with van der Waals surface area (Å²) in [4.78, 5) is 0. The van der Waals surface area contributed by atoms with Gasteiger partial charge in [0.15, 0.2) is 0 Å². The number of allylic oxidation sites excluding steroid dienone is 1. The van der Waals surface area contributed by atoms with Gasteiger partial charge in [0.25, 0.3) is 0 Å². The van der Waals surface area contributed by atoms with Crippen molar-refractivity contribution in [2.24, 2.45) is 5.92 Å². The van der Waals surface area contributed by atoms with Crippen LogP contribution in [-0.2, 0) is 0 Å². The molecule has 0 N–H and O–H groups in total. The molecule has 1 aliphatic rings. The van der Waals surface area contributed by atoms with Crippen LogP contribution in [0.2, 0.25) is 0 Å². The molecule has 2 atom stereocenters. The number of hydrogen-bond donors (Lipinski definition) is 0. The Morgan fingerprint density at radius 2 is 1.58 bits per heavy atom. The zero-order valence-electron chi connectivity index (χ0n) is 10.4. The fourth-order valence-electron chi connectivity index (χ4n) is 2.42. The molecule has 0 unspecified atom stereocenters. The van der Waals surface area contributed by atoms with Gasteiger partial charge >= 0.3 is 0 Å². The predicted molar refractivity (Wildman–Crippen MR) is 72.7 cm³/mol. The van der Waals surface area contributed by atoms with Crippen LogP contribution in [0.4, 0.5) is 8.78 Å². The Labute approximate surface area is 111 Å². The van der Waals surface area contributed by atoms with E-state index < -0.39 is 11.6 Å². The van der Waals surface area contributed by atoms with Gasteiger partial charge in [-0.15, -0.1) is 0 Å². The van der Waals surface area contributed by atoms with Gasteiger partial charge in [0.05, 0.1) is 0 Å². The molecule has 0 radical (unpaired) electrons. The molecule has 1 fully saturated rings. The minimum atomic E-state index is -0.430. The standard InChI is InChI=1S/C17H14F2/c18-15-7-4-8-16(19)17(15)14-11-13(14)10-9-12-5-2-1-3-6-12/h1-10,13-14H,11H2/b10-9+/t13-,14-/m1/s1. The maximum Gasteiger partial charge on any atom is 0.129 e. The van der Waals surface area contributed by atoms with Crippen molar-refractivity contribution in [2.45, 2.75) is 12.3 Å². The van der Waals surface area contributed by atoms with Crippen molar-refractivity contribution in [3.63, 3.8) is 0 Å². The highest BCUT2D eigenvalue weighted by Crippen LogP contribution is 2.50. The molecule has 2 aromatic rings. The average molecular weight is 256 g/mol. The molecule has 2 aromatic carbocycles. The van der Waals surface area contributed by atoms with Gasteiger partial charge in [-0.05, 0) is 36.0 Å². The molecule has 96 valence electrons. The molecule has 0 aromatic heterocycles. The van der Waals surface area contributed by atoms with Gasteiger partial charge in [0.1, 0.15) is 11.6 Å². The summed E-state index contributed by atoms with van der Waals surface area (Å²) >= 11 is 0. The summed E-state index contributed by atoms with van der Waals surface area (Å²) in [6.07, 6.45) is 4.89. The molecule has 0 heterocycles. The molecule has 19 heavy (non-hydrogen) atoms. The molecular formula is C17H14F2. The molecule has 0 spiro atoms. The van der Waals surface area contributed by atoms with Crippen LogP contribution in [0, 0.1) is 17.6 Å². The highest BCUT2D eigenvalue weighted by atomic mass is 19.1. The highest BCUT2D eigenvalue weighted by Gasteiger charge is 2.39. The second kappa shape index (κ2) is 4.96. The van der Waals surface area contributed by atoms with Crippen molar-refractivity contribution in [1.82, 2.24) is 0 Å². The number of rotatable bonds is 3. The van der Waals surface area contributed by atoms with Crippen LogP contribution in [-0.4, -0.2) is 0 Å². The van der Waals surface area contributed by atoms with Gasteiger partial charge in [-0.2, -0.15) is 0 Å². The van der Waals surface area contributed by atoms with Gasteiger partial charge in [-0.1, -0.05) is 48.6 Å². The lowest BCUT2D eigenvalue weighted by Gasteiger charge is -2.02. The van der Waals surface area contributed by atoms with E-state index in [1.807, 2.05) is 42.5 Å². The number of halogens is 2. The summed E-state index contributed by atoms with van der Waals surface area (Å²) in [5.74, 6) is -0.631. The van der Waals surface area contributed by atoms with E-state index in [0.717, 1.165) is 12.0 Å². The highest BCUT2D eigenvalue weighted by molar-refractivity contribution is 5.50. The smallest absolute Gasteiger partial charge is 0.129 e. The first-order valence-electron chi connectivity index (χ1n) is 6.43. The van der Waals surface area contributed by atoms with E-state index >= 15 is 0 Å². The van der Waals surface area contributed by atoms with Crippen molar-refractivity contribution in [3.05, 3.63) is 77.4 Å². The van der Waals surface area contributed by atoms with Crippen LogP contribution >= 0.6 is 0 Å². The molecule has 1 aliphatic carbocycles. The van der Waals surface area contributed by atoms with Crippen LogP contribution < -0.4 is 0 Å². The van der Waals surface area contributed by atoms with E-state index in [0.29, 0.717) is 0 Å². The topological polar surface area (TPSA) is 0 Å². The third-order valence-electron chi connectivity index (χ3n) is 3.55. The third kappa shape index (κ3) is 2.58. The van der Waals surface area contributed by atoms with Crippen molar-refractivity contribution in [3.8, 4) is 0 Å². The Balaban J connectivity index is 1.73. The zero-order valence-corrected chi connectivity index (χ0v) is 10.4. The zero-order chi connectivity index (χ0) is 13.2. The summed E-state index contributed by atoms with van der Waals surface area (Å²) in [5, 5.41) is 0. The molecule has 0 amide bonds. The summed E-state index contributed by atoms with van der Waals surface area (Å²) < 4.78 is 27.2. The Bertz CT molecular complexity index is 582. The van der Waals surface area contributed by atoms with Crippen LogP contribution in [0.5, 0.6) is 0 Å². The molecule has 0 bridgehead atoms. The second-order valence-electron chi connectivity index (χ2n) is 4.91. The van der Waals surface area contributed by atoms with Crippen molar-refractivity contribution in [2.75, 3.05) is 0 Å². The molecule has 0 saturated heterocycles. The predicted octanol–water partition coefficient (Wildman–Crippen LogP) is 4.78. The Morgan fingerprint density at radius 3 is 2.26 bits per heavy atom.